The van der Waals surface area contributed by atoms with Crippen molar-refractivity contribution in [1.82, 2.24) is 0 Å². The zero-order valence-corrected chi connectivity index (χ0v) is 21.0. The summed E-state index contributed by atoms with van der Waals surface area (Å²) < 4.78 is 0. The van der Waals surface area contributed by atoms with E-state index < -0.39 is 0 Å². The Kier molecular flexibility index (Phi) is 7.84. The molecule has 0 bridgehead atoms. The van der Waals surface area contributed by atoms with E-state index in [1.54, 1.807) is 16.7 Å². The van der Waals surface area contributed by atoms with Gasteiger partial charge in [0.05, 0.1) is 0 Å². The summed E-state index contributed by atoms with van der Waals surface area (Å²) in [4.78, 5) is 0. The molecule has 0 radical (unpaired) electrons. The van der Waals surface area contributed by atoms with Gasteiger partial charge in [0.1, 0.15) is 0 Å². The lowest BCUT2D eigenvalue weighted by Gasteiger charge is -2.42. The molecule has 0 aliphatic heterocycles. The number of hydrogen-bond donors (Lipinski definition) is 0. The molecule has 0 atom stereocenters. The molecule has 0 heteroatoms. The maximum absolute atomic E-state index is 2.59. The first kappa shape index (κ1) is 23.8. The second kappa shape index (κ2) is 10.2. The predicted octanol–water partition coefficient (Wildman–Crippen LogP) is 9.50. The van der Waals surface area contributed by atoms with Crippen LogP contribution >= 0.6 is 0 Å². The van der Waals surface area contributed by atoms with Gasteiger partial charge in [0, 0.05) is 0 Å². The molecule has 31 heavy (non-hydrogen) atoms. The minimum Gasteiger partial charge on any atom is -0.0654 e. The third-order valence-electron chi connectivity index (χ3n) is 7.51. The van der Waals surface area contributed by atoms with Crippen LogP contribution in [0.5, 0.6) is 0 Å². The van der Waals surface area contributed by atoms with Gasteiger partial charge in [-0.15, -0.1) is 0 Å². The van der Waals surface area contributed by atoms with E-state index in [-0.39, 0.29) is 10.8 Å². The van der Waals surface area contributed by atoms with Crippen molar-refractivity contribution in [3.05, 3.63) is 70.3 Å². The van der Waals surface area contributed by atoms with Crippen molar-refractivity contribution < 1.29 is 0 Å². The quantitative estimate of drug-likeness (QED) is 0.282. The molecule has 0 saturated heterocycles. The summed E-state index contributed by atoms with van der Waals surface area (Å²) in [5.74, 6) is 0. The lowest BCUT2D eigenvalue weighted by atomic mass is 9.62. The summed E-state index contributed by atoms with van der Waals surface area (Å²) in [6, 6.07) is 16.0. The molecule has 0 unspecified atom stereocenters. The van der Waals surface area contributed by atoms with Gasteiger partial charge in [0.2, 0.25) is 0 Å². The maximum Gasteiger partial charge on any atom is -0.0100 e. The van der Waals surface area contributed by atoms with Crippen LogP contribution in [0.2, 0.25) is 0 Å². The summed E-state index contributed by atoms with van der Waals surface area (Å²) in [5, 5.41) is 0. The Morgan fingerprint density at radius 3 is 2.03 bits per heavy atom. The van der Waals surface area contributed by atoms with Crippen LogP contribution in [-0.4, -0.2) is 0 Å². The van der Waals surface area contributed by atoms with Crippen molar-refractivity contribution in [1.29, 1.82) is 0 Å². The lowest BCUT2D eigenvalue weighted by Crippen LogP contribution is -2.34. The first-order valence-corrected chi connectivity index (χ1v) is 12.7. The number of unbranched alkanes of at least 4 members (excludes halogenated alkanes) is 5. The Labute approximate surface area is 192 Å². The van der Waals surface area contributed by atoms with E-state index in [0.717, 1.165) is 0 Å². The van der Waals surface area contributed by atoms with Gasteiger partial charge in [-0.1, -0.05) is 115 Å². The predicted molar refractivity (Wildman–Crippen MR) is 139 cm³/mol. The van der Waals surface area contributed by atoms with Crippen LogP contribution in [0.4, 0.5) is 0 Å². The molecule has 1 aliphatic carbocycles. The van der Waals surface area contributed by atoms with Crippen LogP contribution in [0.15, 0.2) is 42.5 Å². The fourth-order valence-corrected chi connectivity index (χ4v) is 5.14. The van der Waals surface area contributed by atoms with Crippen molar-refractivity contribution in [3.63, 3.8) is 0 Å². The molecular weight excluding hydrogens is 372 g/mol. The highest BCUT2D eigenvalue weighted by molar-refractivity contribution is 5.81. The number of fused-ring (bicyclic) bond motifs is 1. The second-order valence-electron chi connectivity index (χ2n) is 11.1. The van der Waals surface area contributed by atoms with Crippen LogP contribution in [-0.2, 0) is 17.3 Å². The van der Waals surface area contributed by atoms with Crippen LogP contribution in [0.25, 0.3) is 11.6 Å². The summed E-state index contributed by atoms with van der Waals surface area (Å²) >= 11 is 0. The van der Waals surface area contributed by atoms with E-state index in [1.807, 2.05) is 0 Å². The number of hydrogen-bond acceptors (Lipinski definition) is 0. The topological polar surface area (TPSA) is 0 Å². The highest BCUT2D eigenvalue weighted by Crippen LogP contribution is 2.47. The minimum absolute atomic E-state index is 0.257. The third kappa shape index (κ3) is 5.91. The van der Waals surface area contributed by atoms with Crippen LogP contribution in [0.1, 0.15) is 121 Å². The van der Waals surface area contributed by atoms with Crippen LogP contribution in [0.3, 0.4) is 0 Å². The largest absolute Gasteiger partial charge is 0.0654 e. The summed E-state index contributed by atoms with van der Waals surface area (Å²) in [5.41, 5.74) is 9.38. The average molecular weight is 417 g/mol. The highest BCUT2D eigenvalue weighted by atomic mass is 14.4. The molecule has 3 rings (SSSR count). The molecule has 168 valence electrons. The zero-order chi connectivity index (χ0) is 22.5. The summed E-state index contributed by atoms with van der Waals surface area (Å²) in [7, 11) is 0. The molecule has 0 N–H and O–H groups in total. The van der Waals surface area contributed by atoms with Crippen molar-refractivity contribution in [3.8, 4) is 0 Å². The molecule has 0 aromatic heterocycles. The fourth-order valence-electron chi connectivity index (χ4n) is 5.14. The minimum atomic E-state index is 0.257. The standard InChI is InChI=1S/C31H44/c1-7-8-9-10-11-13-18-26-22-28-29(31(5,6)20-19-30(28,3)4)23-27(26)21-24(2)25-16-14-12-15-17-25/h12,14-17,21-23H,7-11,13,18-20H2,1-6H3. The van der Waals surface area contributed by atoms with Gasteiger partial charge < -0.3 is 0 Å². The van der Waals surface area contributed by atoms with Crippen LogP contribution in [0, 0.1) is 0 Å². The van der Waals surface area contributed by atoms with E-state index in [9.17, 15) is 0 Å². The second-order valence-corrected chi connectivity index (χ2v) is 11.1. The van der Waals surface area contributed by atoms with Gasteiger partial charge >= 0.3 is 0 Å². The molecule has 0 spiro atoms. The van der Waals surface area contributed by atoms with E-state index in [1.165, 1.54) is 74.5 Å². The van der Waals surface area contributed by atoms with E-state index >= 15 is 0 Å². The molecular formula is C31H44. The molecule has 0 saturated carbocycles. The highest BCUT2D eigenvalue weighted by Gasteiger charge is 2.37. The smallest absolute Gasteiger partial charge is 0.0100 e. The Balaban J connectivity index is 1.96. The molecule has 0 amide bonds. The van der Waals surface area contributed by atoms with E-state index in [2.05, 4.69) is 90.1 Å². The number of aryl methyl sites for hydroxylation is 1. The summed E-state index contributed by atoms with van der Waals surface area (Å²) in [6.45, 7) is 14.3. The molecule has 0 heterocycles. The Morgan fingerprint density at radius 1 is 0.806 bits per heavy atom. The Morgan fingerprint density at radius 2 is 1.39 bits per heavy atom. The summed E-state index contributed by atoms with van der Waals surface area (Å²) in [6.07, 6.45) is 14.3. The van der Waals surface area contributed by atoms with Gasteiger partial charge in [0.15, 0.2) is 0 Å². The van der Waals surface area contributed by atoms with Gasteiger partial charge in [-0.2, -0.15) is 0 Å². The molecule has 0 nitrogen and oxygen atoms in total. The van der Waals surface area contributed by atoms with Crippen molar-refractivity contribution in [2.24, 2.45) is 0 Å². The number of benzene rings is 2. The third-order valence-corrected chi connectivity index (χ3v) is 7.51. The average Bonchev–Trinajstić information content (AvgIpc) is 2.75. The Hall–Kier alpha value is -1.82. The molecule has 1 aliphatic rings. The first-order chi connectivity index (χ1) is 14.7. The SMILES string of the molecule is CCCCCCCCc1cc2c(cc1C=C(C)c1ccccc1)C(C)(C)CCC2(C)C. The molecule has 0 fully saturated rings. The first-order valence-electron chi connectivity index (χ1n) is 12.7. The Bertz CT molecular complexity index is 880. The molecule has 2 aromatic rings. The lowest BCUT2D eigenvalue weighted by molar-refractivity contribution is 0.331. The fraction of sp³-hybridized carbons (Fsp3) is 0.548. The zero-order valence-electron chi connectivity index (χ0n) is 21.0. The van der Waals surface area contributed by atoms with E-state index in [4.69, 9.17) is 0 Å². The van der Waals surface area contributed by atoms with E-state index in [0.29, 0.717) is 0 Å². The van der Waals surface area contributed by atoms with Gasteiger partial charge in [-0.05, 0) is 76.8 Å². The van der Waals surface area contributed by atoms with Crippen molar-refractivity contribution in [2.45, 2.75) is 110 Å². The van der Waals surface area contributed by atoms with Gasteiger partial charge in [-0.25, -0.2) is 0 Å². The monoisotopic (exact) mass is 416 g/mol. The normalized spacial score (nSPS) is 17.4. The maximum atomic E-state index is 2.59. The molecule has 2 aromatic carbocycles. The van der Waals surface area contributed by atoms with Crippen molar-refractivity contribution in [2.75, 3.05) is 0 Å². The van der Waals surface area contributed by atoms with Gasteiger partial charge in [-0.3, -0.25) is 0 Å². The van der Waals surface area contributed by atoms with Gasteiger partial charge in [0.25, 0.3) is 0 Å². The van der Waals surface area contributed by atoms with Crippen molar-refractivity contribution >= 4 is 11.6 Å². The van der Waals surface area contributed by atoms with Crippen LogP contribution < -0.4 is 0 Å². The number of allylic oxidation sites excluding steroid dienone is 1. The number of rotatable bonds is 9.